The van der Waals surface area contributed by atoms with Gasteiger partial charge in [-0.1, -0.05) is 0 Å². The number of carbonyl (C=O) groups excluding carboxylic acids is 1. The van der Waals surface area contributed by atoms with Crippen molar-refractivity contribution in [3.8, 4) is 11.4 Å². The third-order valence-electron chi connectivity index (χ3n) is 5.13. The van der Waals surface area contributed by atoms with Crippen LogP contribution in [0.4, 0.5) is 5.69 Å². The van der Waals surface area contributed by atoms with Gasteiger partial charge < -0.3 is 10.6 Å². The minimum atomic E-state index is 0.0974. The molecule has 6 heteroatoms. The predicted molar refractivity (Wildman–Crippen MR) is 97.3 cm³/mol. The van der Waals surface area contributed by atoms with Crippen molar-refractivity contribution >= 4 is 11.6 Å². The molecule has 25 heavy (non-hydrogen) atoms. The van der Waals surface area contributed by atoms with E-state index in [0.29, 0.717) is 18.3 Å². The van der Waals surface area contributed by atoms with Gasteiger partial charge in [0.05, 0.1) is 0 Å². The number of anilines is 1. The molecular weight excluding hydrogens is 314 g/mol. The van der Waals surface area contributed by atoms with Gasteiger partial charge in [0.2, 0.25) is 5.91 Å². The van der Waals surface area contributed by atoms with Gasteiger partial charge in [-0.25, -0.2) is 4.98 Å². The molecule has 3 N–H and O–H groups in total. The first-order valence-corrected chi connectivity index (χ1v) is 9.31. The number of nitrogens with zero attached hydrogens (tertiary/aromatic N) is 2. The second kappa shape index (κ2) is 7.35. The highest BCUT2D eigenvalue weighted by molar-refractivity contribution is 5.90. The molecule has 1 aliphatic heterocycles. The van der Waals surface area contributed by atoms with E-state index in [2.05, 4.69) is 25.8 Å². The van der Waals surface area contributed by atoms with E-state index in [-0.39, 0.29) is 5.91 Å². The number of hydrogen-bond donors (Lipinski definition) is 3. The number of amides is 1. The van der Waals surface area contributed by atoms with E-state index in [1.165, 1.54) is 25.7 Å². The number of aromatic amines is 1. The zero-order valence-corrected chi connectivity index (χ0v) is 14.4. The molecule has 1 aliphatic carbocycles. The highest BCUT2D eigenvalue weighted by Gasteiger charge is 2.27. The quantitative estimate of drug-likeness (QED) is 0.755. The lowest BCUT2D eigenvalue weighted by Crippen LogP contribution is -2.28. The minimum Gasteiger partial charge on any atom is -0.326 e. The van der Waals surface area contributed by atoms with E-state index in [0.717, 1.165) is 42.4 Å². The zero-order chi connectivity index (χ0) is 17.1. The van der Waals surface area contributed by atoms with Crippen molar-refractivity contribution in [1.82, 2.24) is 20.5 Å². The van der Waals surface area contributed by atoms with Gasteiger partial charge in [-0.3, -0.25) is 9.89 Å². The van der Waals surface area contributed by atoms with Gasteiger partial charge in [0.15, 0.2) is 5.82 Å². The molecule has 4 rings (SSSR count). The molecule has 2 aromatic rings. The molecule has 1 amide bonds. The fourth-order valence-electron chi connectivity index (χ4n) is 3.37. The summed E-state index contributed by atoms with van der Waals surface area (Å²) >= 11 is 0. The maximum atomic E-state index is 12.1. The molecule has 0 unspecified atom stereocenters. The van der Waals surface area contributed by atoms with Crippen LogP contribution in [0, 0.1) is 5.92 Å². The molecule has 0 atom stereocenters. The summed E-state index contributed by atoms with van der Waals surface area (Å²) in [6, 6.07) is 7.76. The summed E-state index contributed by atoms with van der Waals surface area (Å²) in [4.78, 5) is 16.7. The first kappa shape index (κ1) is 16.3. The number of nitrogens with one attached hydrogen (secondary N) is 3. The summed E-state index contributed by atoms with van der Waals surface area (Å²) in [7, 11) is 0. The number of piperidine rings is 1. The van der Waals surface area contributed by atoms with E-state index >= 15 is 0 Å². The highest BCUT2D eigenvalue weighted by Crippen LogP contribution is 2.38. The van der Waals surface area contributed by atoms with Crippen molar-refractivity contribution in [1.29, 1.82) is 0 Å². The van der Waals surface area contributed by atoms with Crippen LogP contribution < -0.4 is 10.6 Å². The predicted octanol–water partition coefficient (Wildman–Crippen LogP) is 3.07. The van der Waals surface area contributed by atoms with Crippen LogP contribution in [0.5, 0.6) is 0 Å². The maximum Gasteiger partial charge on any atom is 0.224 e. The lowest BCUT2D eigenvalue weighted by atomic mass is 9.93. The first-order chi connectivity index (χ1) is 12.3. The topological polar surface area (TPSA) is 82.7 Å². The third-order valence-corrected chi connectivity index (χ3v) is 5.13. The number of benzene rings is 1. The average Bonchev–Trinajstić information content (AvgIpc) is 3.39. The van der Waals surface area contributed by atoms with Gasteiger partial charge in [-0.15, -0.1) is 0 Å². The summed E-state index contributed by atoms with van der Waals surface area (Å²) in [5.74, 6) is 3.07. The molecule has 1 saturated heterocycles. The summed E-state index contributed by atoms with van der Waals surface area (Å²) in [6.45, 7) is 2.16. The molecule has 2 fully saturated rings. The molecule has 1 aromatic heterocycles. The van der Waals surface area contributed by atoms with E-state index in [4.69, 9.17) is 0 Å². The Bertz CT molecular complexity index is 714. The second-order valence-corrected chi connectivity index (χ2v) is 7.18. The first-order valence-electron chi connectivity index (χ1n) is 9.31. The summed E-state index contributed by atoms with van der Waals surface area (Å²) in [5, 5.41) is 13.7. The summed E-state index contributed by atoms with van der Waals surface area (Å²) < 4.78 is 0. The summed E-state index contributed by atoms with van der Waals surface area (Å²) in [6.07, 6.45) is 6.35. The second-order valence-electron chi connectivity index (χ2n) is 7.18. The Morgan fingerprint density at radius 1 is 1.12 bits per heavy atom. The molecule has 2 aliphatic rings. The molecule has 1 saturated carbocycles. The number of carbonyl (C=O) groups is 1. The van der Waals surface area contributed by atoms with Crippen LogP contribution >= 0.6 is 0 Å². The molecular formula is C19H25N5O. The van der Waals surface area contributed by atoms with Gasteiger partial charge in [0.1, 0.15) is 5.82 Å². The van der Waals surface area contributed by atoms with Crippen molar-refractivity contribution in [3.63, 3.8) is 0 Å². The number of rotatable bonds is 6. The average molecular weight is 339 g/mol. The summed E-state index contributed by atoms with van der Waals surface area (Å²) in [5.41, 5.74) is 1.80. The molecule has 0 spiro atoms. The smallest absolute Gasteiger partial charge is 0.224 e. The number of H-pyrrole nitrogens is 1. The fourth-order valence-corrected chi connectivity index (χ4v) is 3.37. The van der Waals surface area contributed by atoms with Crippen molar-refractivity contribution in [2.75, 3.05) is 18.4 Å². The SMILES string of the molecule is O=C(CCC1CCNCC1)Nc1ccc(-c2n[nH]c(C3CC3)n2)cc1. The van der Waals surface area contributed by atoms with E-state index in [1.807, 2.05) is 24.3 Å². The van der Waals surface area contributed by atoms with Crippen LogP contribution in [0.15, 0.2) is 24.3 Å². The normalized spacial score (nSPS) is 18.2. The Morgan fingerprint density at radius 2 is 1.88 bits per heavy atom. The molecule has 0 bridgehead atoms. The Hall–Kier alpha value is -2.21. The maximum absolute atomic E-state index is 12.1. The van der Waals surface area contributed by atoms with Crippen molar-refractivity contribution < 1.29 is 4.79 Å². The lowest BCUT2D eigenvalue weighted by molar-refractivity contribution is -0.116. The zero-order valence-electron chi connectivity index (χ0n) is 14.4. The molecule has 0 radical (unpaired) electrons. The van der Waals surface area contributed by atoms with Crippen LogP contribution in [0.25, 0.3) is 11.4 Å². The number of hydrogen-bond acceptors (Lipinski definition) is 4. The highest BCUT2D eigenvalue weighted by atomic mass is 16.1. The van der Waals surface area contributed by atoms with Crippen LogP contribution in [-0.4, -0.2) is 34.2 Å². The Kier molecular flexibility index (Phi) is 4.78. The largest absolute Gasteiger partial charge is 0.326 e. The van der Waals surface area contributed by atoms with Crippen molar-refractivity contribution in [2.45, 2.75) is 44.4 Å². The standard InChI is InChI=1S/C19H25N5O/c25-17(8-1-13-9-11-20-12-10-13)21-16-6-4-15(5-7-16)19-22-18(23-24-19)14-2-3-14/h4-7,13-14,20H,1-3,8-12H2,(H,21,25)(H,22,23,24). The Morgan fingerprint density at radius 3 is 2.60 bits per heavy atom. The van der Waals surface area contributed by atoms with E-state index < -0.39 is 0 Å². The fraction of sp³-hybridized carbons (Fsp3) is 0.526. The molecule has 132 valence electrons. The van der Waals surface area contributed by atoms with Crippen molar-refractivity contribution in [3.05, 3.63) is 30.1 Å². The molecule has 2 heterocycles. The Labute approximate surface area is 147 Å². The van der Waals surface area contributed by atoms with Crippen LogP contribution in [0.1, 0.15) is 50.3 Å². The van der Waals surface area contributed by atoms with Gasteiger partial charge in [-0.05, 0) is 75.4 Å². The minimum absolute atomic E-state index is 0.0974. The van der Waals surface area contributed by atoms with E-state index in [9.17, 15) is 4.79 Å². The van der Waals surface area contributed by atoms with Crippen LogP contribution in [0.2, 0.25) is 0 Å². The van der Waals surface area contributed by atoms with Crippen LogP contribution in [0.3, 0.4) is 0 Å². The van der Waals surface area contributed by atoms with Gasteiger partial charge in [-0.2, -0.15) is 5.10 Å². The van der Waals surface area contributed by atoms with Gasteiger partial charge >= 0.3 is 0 Å². The van der Waals surface area contributed by atoms with E-state index in [1.54, 1.807) is 0 Å². The number of aromatic nitrogens is 3. The molecule has 6 nitrogen and oxygen atoms in total. The Balaban J connectivity index is 1.29. The van der Waals surface area contributed by atoms with Gasteiger partial charge in [0, 0.05) is 23.6 Å². The molecule has 1 aromatic carbocycles. The van der Waals surface area contributed by atoms with Crippen LogP contribution in [-0.2, 0) is 4.79 Å². The third kappa shape index (κ3) is 4.25. The lowest BCUT2D eigenvalue weighted by Gasteiger charge is -2.22. The monoisotopic (exact) mass is 339 g/mol. The van der Waals surface area contributed by atoms with Gasteiger partial charge in [0.25, 0.3) is 0 Å². The van der Waals surface area contributed by atoms with Crippen molar-refractivity contribution in [2.24, 2.45) is 5.92 Å².